The van der Waals surface area contributed by atoms with E-state index in [1.807, 2.05) is 24.3 Å². The molecule has 0 bridgehead atoms. The summed E-state index contributed by atoms with van der Waals surface area (Å²) in [6.45, 7) is 0.729. The van der Waals surface area contributed by atoms with Crippen LogP contribution in [0.4, 0.5) is 5.82 Å². The number of nitrogens with one attached hydrogen (secondary N) is 1. The molecule has 0 spiro atoms. The van der Waals surface area contributed by atoms with Crippen molar-refractivity contribution in [3.63, 3.8) is 0 Å². The zero-order valence-corrected chi connectivity index (χ0v) is 24.2. The number of carbonyl (C=O) groups is 4. The van der Waals surface area contributed by atoms with E-state index < -0.39 is 24.4 Å². The van der Waals surface area contributed by atoms with E-state index >= 15 is 0 Å². The number of fused-ring (bicyclic) bond motifs is 1. The maximum Gasteiger partial charge on any atom is 0.358 e. The Labute approximate surface area is 251 Å². The standard InChI is InChI=1S/C26H31N7O9S/c1-38-8-11-41-25-30-23(27)22-24(31-25)32(26(43)29-22)13-17-4-2-16(3-5-17)12-28-18(34)14-39-9-10-40-15-21(37)42-33-19(35)6-7-20(33)36/h2-5H,6-15H2,1H3,(H,28,34)(H,29,43)(H2,27,30,31). The zero-order chi connectivity index (χ0) is 30.8. The van der Waals surface area contributed by atoms with Crippen molar-refractivity contribution in [1.29, 1.82) is 0 Å². The van der Waals surface area contributed by atoms with Crippen molar-refractivity contribution in [2.75, 3.05) is 52.5 Å². The Balaban J connectivity index is 1.16. The minimum absolute atomic E-state index is 0.00666. The number of hydrogen-bond donors (Lipinski definition) is 3. The lowest BCUT2D eigenvalue weighted by Gasteiger charge is -2.12. The summed E-state index contributed by atoms with van der Waals surface area (Å²) in [5.74, 6) is -2.17. The minimum atomic E-state index is -0.882. The molecule has 17 heteroatoms. The van der Waals surface area contributed by atoms with Gasteiger partial charge in [-0.25, -0.2) is 9.78 Å². The smallest absolute Gasteiger partial charge is 0.358 e. The molecule has 3 aromatic rings. The fourth-order valence-electron chi connectivity index (χ4n) is 3.84. The largest absolute Gasteiger partial charge is 0.461 e. The molecule has 2 aromatic heterocycles. The Kier molecular flexibility index (Phi) is 11.2. The average Bonchev–Trinajstić information content (AvgIpc) is 3.47. The van der Waals surface area contributed by atoms with Crippen LogP contribution < -0.4 is 15.8 Å². The lowest BCUT2D eigenvalue weighted by molar-refractivity contribution is -0.200. The number of hydrogen-bond acceptors (Lipinski definition) is 14. The molecular weight excluding hydrogens is 586 g/mol. The highest BCUT2D eigenvalue weighted by atomic mass is 32.1. The summed E-state index contributed by atoms with van der Waals surface area (Å²) in [6.07, 6.45) is 0.0187. The number of nitrogens with two attached hydrogens (primary N) is 1. The Morgan fingerprint density at radius 1 is 0.953 bits per heavy atom. The van der Waals surface area contributed by atoms with Crippen LogP contribution in [0, 0.1) is 0 Å². The van der Waals surface area contributed by atoms with Crippen molar-refractivity contribution in [1.82, 2.24) is 29.9 Å². The van der Waals surface area contributed by atoms with Gasteiger partial charge in [0.1, 0.15) is 19.8 Å². The van der Waals surface area contributed by atoms with Crippen LogP contribution in [0.5, 0.6) is 6.01 Å². The Morgan fingerprint density at radius 3 is 2.33 bits per heavy atom. The molecule has 0 saturated carbocycles. The first-order chi connectivity index (χ1) is 20.7. The Morgan fingerprint density at radius 2 is 1.63 bits per heavy atom. The molecule has 43 heavy (non-hydrogen) atoms. The lowest BCUT2D eigenvalue weighted by Crippen LogP contribution is -2.33. The highest BCUT2D eigenvalue weighted by Gasteiger charge is 2.32. The van der Waals surface area contributed by atoms with Gasteiger partial charge < -0.3 is 34.8 Å². The number of rotatable bonds is 16. The van der Waals surface area contributed by atoms with Gasteiger partial charge in [0.05, 0.1) is 26.4 Å². The molecule has 1 aromatic carbocycles. The van der Waals surface area contributed by atoms with E-state index in [9.17, 15) is 19.2 Å². The highest BCUT2D eigenvalue weighted by Crippen LogP contribution is 2.24. The van der Waals surface area contributed by atoms with Crippen molar-refractivity contribution in [2.24, 2.45) is 0 Å². The third-order valence-corrected chi connectivity index (χ3v) is 6.32. The second kappa shape index (κ2) is 15.2. The van der Waals surface area contributed by atoms with Gasteiger partial charge in [0, 0.05) is 26.5 Å². The van der Waals surface area contributed by atoms with Gasteiger partial charge in [-0.15, -0.1) is 17.7 Å². The van der Waals surface area contributed by atoms with Crippen molar-refractivity contribution in [2.45, 2.75) is 31.1 Å². The van der Waals surface area contributed by atoms with Gasteiger partial charge in [0.15, 0.2) is 22.1 Å². The molecule has 230 valence electrons. The minimum Gasteiger partial charge on any atom is -0.461 e. The van der Waals surface area contributed by atoms with Crippen molar-refractivity contribution >= 4 is 53.3 Å². The molecule has 3 amide bonds. The molecule has 1 aliphatic rings. The molecule has 0 radical (unpaired) electrons. The van der Waals surface area contributed by atoms with E-state index in [4.69, 9.17) is 24.7 Å². The van der Waals surface area contributed by atoms with Crippen LogP contribution in [0.25, 0.3) is 11.2 Å². The number of ether oxygens (including phenoxy) is 4. The number of benzene rings is 1. The summed E-state index contributed by atoms with van der Waals surface area (Å²) >= 11 is 4.47. The van der Waals surface area contributed by atoms with Crippen LogP contribution in [0.15, 0.2) is 29.4 Å². The number of nitrogens with zero attached hydrogens (tertiary/aromatic N) is 5. The van der Waals surface area contributed by atoms with Crippen molar-refractivity contribution in [3.8, 4) is 6.01 Å². The first-order valence-electron chi connectivity index (χ1n) is 13.2. The quantitative estimate of drug-likeness (QED) is 0.111. The fourth-order valence-corrected chi connectivity index (χ4v) is 4.10. The number of carbonyl (C=O) groups excluding carboxylic acids is 4. The molecule has 4 rings (SSSR count). The summed E-state index contributed by atoms with van der Waals surface area (Å²) < 4.78 is 22.6. The topological polar surface area (TPSA) is 199 Å². The first-order valence-corrected chi connectivity index (χ1v) is 13.6. The summed E-state index contributed by atoms with van der Waals surface area (Å²) in [7, 11) is 1.57. The first kappa shape index (κ1) is 31.6. The predicted octanol–water partition coefficient (Wildman–Crippen LogP) is 0.0273. The van der Waals surface area contributed by atoms with E-state index in [0.717, 1.165) is 11.1 Å². The van der Waals surface area contributed by atoms with E-state index in [1.165, 1.54) is 0 Å². The maximum atomic E-state index is 12.1. The number of aromatic nitrogens is 4. The number of methoxy groups -OCH3 is 1. The van der Waals surface area contributed by atoms with E-state index in [1.54, 1.807) is 11.7 Å². The van der Waals surface area contributed by atoms with Gasteiger partial charge in [-0.05, 0) is 11.1 Å². The van der Waals surface area contributed by atoms with Crippen LogP contribution in [0.1, 0.15) is 24.0 Å². The molecule has 0 atom stereocenters. The number of anilines is 1. The highest BCUT2D eigenvalue weighted by molar-refractivity contribution is 7.80. The van der Waals surface area contributed by atoms with Crippen LogP contribution >= 0.6 is 12.6 Å². The number of hydroxylamine groups is 2. The van der Waals surface area contributed by atoms with Crippen molar-refractivity contribution < 1.29 is 43.0 Å². The third kappa shape index (κ3) is 8.84. The second-order valence-corrected chi connectivity index (χ2v) is 9.55. The van der Waals surface area contributed by atoms with Gasteiger partial charge in [0.2, 0.25) is 5.91 Å². The molecule has 1 fully saturated rings. The molecule has 3 N–H and O–H groups in total. The van der Waals surface area contributed by atoms with Gasteiger partial charge in [0.25, 0.3) is 11.8 Å². The lowest BCUT2D eigenvalue weighted by atomic mass is 10.1. The van der Waals surface area contributed by atoms with Gasteiger partial charge in [-0.2, -0.15) is 9.97 Å². The molecule has 0 unspecified atom stereocenters. The molecule has 1 aliphatic heterocycles. The number of thiol groups is 1. The van der Waals surface area contributed by atoms with E-state index in [-0.39, 0.29) is 63.5 Å². The SMILES string of the molecule is COCCOc1nc(N)c2nc(S)n(Cc3ccc(CNC(=O)COCCOCC(=O)ON4C(=O)CCC4=O)cc3)c2n1. The second-order valence-electron chi connectivity index (χ2n) is 9.15. The summed E-state index contributed by atoms with van der Waals surface area (Å²) in [5, 5.41) is 3.62. The normalized spacial score (nSPS) is 13.1. The average molecular weight is 618 g/mol. The zero-order valence-electron chi connectivity index (χ0n) is 23.3. The molecule has 0 aliphatic carbocycles. The maximum absolute atomic E-state index is 12.1. The fraction of sp³-hybridized carbons (Fsp3) is 0.423. The molecule has 16 nitrogen and oxygen atoms in total. The Bertz CT molecular complexity index is 1450. The van der Waals surface area contributed by atoms with E-state index in [2.05, 4.69) is 37.7 Å². The predicted molar refractivity (Wildman–Crippen MR) is 151 cm³/mol. The van der Waals surface area contributed by atoms with Crippen LogP contribution in [-0.2, 0) is 51.3 Å². The molecule has 3 heterocycles. The summed E-state index contributed by atoms with van der Waals surface area (Å²) in [5.41, 5.74) is 8.77. The van der Waals surface area contributed by atoms with Crippen LogP contribution in [0.3, 0.4) is 0 Å². The van der Waals surface area contributed by atoms with Gasteiger partial charge in [-0.1, -0.05) is 24.3 Å². The summed E-state index contributed by atoms with van der Waals surface area (Å²) in [4.78, 5) is 64.2. The molecule has 1 saturated heterocycles. The van der Waals surface area contributed by atoms with Crippen LogP contribution in [-0.4, -0.2) is 95.0 Å². The van der Waals surface area contributed by atoms with Gasteiger partial charge >= 0.3 is 12.0 Å². The number of amides is 3. The van der Waals surface area contributed by atoms with E-state index in [0.29, 0.717) is 34.5 Å². The monoisotopic (exact) mass is 617 g/mol. The number of nitrogen functional groups attached to an aromatic ring is 1. The third-order valence-electron chi connectivity index (χ3n) is 5.98. The number of imide groups is 1. The van der Waals surface area contributed by atoms with Crippen LogP contribution in [0.2, 0.25) is 0 Å². The number of imidazole rings is 1. The summed E-state index contributed by atoms with van der Waals surface area (Å²) in [6, 6.07) is 7.71. The van der Waals surface area contributed by atoms with Gasteiger partial charge in [-0.3, -0.25) is 19.0 Å². The van der Waals surface area contributed by atoms with Crippen molar-refractivity contribution in [3.05, 3.63) is 35.4 Å². The molecular formula is C26H31N7O9S. The Hall–Kier alpha value is -4.32.